The van der Waals surface area contributed by atoms with E-state index < -0.39 is 0 Å². The Balaban J connectivity index is 1.72. The lowest BCUT2D eigenvalue weighted by atomic mass is 9.96. The summed E-state index contributed by atoms with van der Waals surface area (Å²) in [5.41, 5.74) is 2.10. The summed E-state index contributed by atoms with van der Waals surface area (Å²) in [6.07, 6.45) is 3.36. The molecule has 0 bridgehead atoms. The zero-order valence-electron chi connectivity index (χ0n) is 23.4. The van der Waals surface area contributed by atoms with Crippen molar-refractivity contribution >= 4 is 34.5 Å². The molecule has 1 unspecified atom stereocenters. The Morgan fingerprint density at radius 2 is 1.79 bits per heavy atom. The number of ether oxygens (including phenoxy) is 3. The van der Waals surface area contributed by atoms with Gasteiger partial charge in [0.2, 0.25) is 17.6 Å². The molecule has 1 atom stereocenters. The topological polar surface area (TPSA) is 107 Å². The minimum Gasteiger partial charge on any atom is -0.493 e. The number of carbonyl (C=O) groups excluding carboxylic acids is 1. The second-order valence-corrected chi connectivity index (χ2v) is 9.60. The average Bonchev–Trinajstić information content (AvgIpc) is 3.34. The summed E-state index contributed by atoms with van der Waals surface area (Å²) in [6, 6.07) is 3.76. The second-order valence-electron chi connectivity index (χ2n) is 9.60. The first-order valence-electron chi connectivity index (χ1n) is 13.2. The van der Waals surface area contributed by atoms with Crippen molar-refractivity contribution in [1.82, 2.24) is 24.4 Å². The molecule has 1 N–H and O–H groups in total. The molecule has 0 saturated carbocycles. The number of methoxy groups -OCH3 is 3. The maximum absolute atomic E-state index is 13.1. The van der Waals surface area contributed by atoms with E-state index in [2.05, 4.69) is 38.6 Å². The van der Waals surface area contributed by atoms with Crippen molar-refractivity contribution in [2.75, 3.05) is 57.7 Å². The predicted octanol–water partition coefficient (Wildman–Crippen LogP) is 4.26. The Labute approximate surface area is 224 Å². The molecule has 1 fully saturated rings. The van der Waals surface area contributed by atoms with E-state index in [0.29, 0.717) is 40.8 Å². The average molecular weight is 526 g/mol. The van der Waals surface area contributed by atoms with Crippen LogP contribution in [-0.2, 0) is 4.79 Å². The first-order chi connectivity index (χ1) is 18.4. The Morgan fingerprint density at radius 1 is 1.11 bits per heavy atom. The van der Waals surface area contributed by atoms with Crippen LogP contribution in [0.2, 0.25) is 0 Å². The van der Waals surface area contributed by atoms with Crippen molar-refractivity contribution in [3.05, 3.63) is 18.5 Å². The quantitative estimate of drug-likeness (QED) is 0.415. The number of rotatable bonds is 10. The van der Waals surface area contributed by atoms with E-state index >= 15 is 0 Å². The third kappa shape index (κ3) is 5.14. The molecule has 11 nitrogen and oxygen atoms in total. The van der Waals surface area contributed by atoms with Crippen LogP contribution in [0.15, 0.2) is 18.5 Å². The number of nitrogens with one attached hydrogen (secondary N) is 1. The van der Waals surface area contributed by atoms with Crippen LogP contribution in [0.4, 0.5) is 17.5 Å². The molecule has 3 aromatic rings. The number of carbonyl (C=O) groups is 1. The van der Waals surface area contributed by atoms with Gasteiger partial charge in [-0.2, -0.15) is 0 Å². The summed E-state index contributed by atoms with van der Waals surface area (Å²) < 4.78 is 18.6. The lowest BCUT2D eigenvalue weighted by molar-refractivity contribution is -0.135. The summed E-state index contributed by atoms with van der Waals surface area (Å²) in [5.74, 6) is 3.12. The summed E-state index contributed by atoms with van der Waals surface area (Å²) in [4.78, 5) is 31.4. The molecule has 1 amide bonds. The smallest absolute Gasteiger partial charge is 0.227 e. The van der Waals surface area contributed by atoms with Gasteiger partial charge in [0.25, 0.3) is 0 Å². The van der Waals surface area contributed by atoms with E-state index in [9.17, 15) is 4.79 Å². The minimum absolute atomic E-state index is 0.0491. The first kappa shape index (κ1) is 27.3. The van der Waals surface area contributed by atoms with Crippen LogP contribution in [0.25, 0.3) is 11.2 Å². The fourth-order valence-electron chi connectivity index (χ4n) is 5.13. The van der Waals surface area contributed by atoms with Gasteiger partial charge in [0, 0.05) is 50.0 Å². The standard InChI is InChI=1S/C27H39N7O4/c1-8-32(9-2)26(35)18-11-10-12-33(15-18)27-31-22-24(28-16-29-25(22)34(27)17(3)4)30-19-13-20(36-5)23(38-7)21(14-19)37-6/h13-14,16-18H,8-12,15H2,1-7H3,(H,28,29,30). The van der Waals surface area contributed by atoms with Gasteiger partial charge in [-0.15, -0.1) is 0 Å². The van der Waals surface area contributed by atoms with Gasteiger partial charge in [0.05, 0.1) is 27.2 Å². The molecule has 3 heterocycles. The number of nitrogens with zero attached hydrogens (tertiary/aromatic N) is 6. The maximum atomic E-state index is 13.1. The Morgan fingerprint density at radius 3 is 2.37 bits per heavy atom. The molecular formula is C27H39N7O4. The highest BCUT2D eigenvalue weighted by Gasteiger charge is 2.31. The van der Waals surface area contributed by atoms with Gasteiger partial charge in [-0.05, 0) is 40.5 Å². The van der Waals surface area contributed by atoms with Crippen molar-refractivity contribution in [2.24, 2.45) is 5.92 Å². The number of aromatic nitrogens is 4. The number of imidazole rings is 1. The highest BCUT2D eigenvalue weighted by Crippen LogP contribution is 2.41. The van der Waals surface area contributed by atoms with Crippen LogP contribution >= 0.6 is 0 Å². The molecule has 0 spiro atoms. The fourth-order valence-corrected chi connectivity index (χ4v) is 5.13. The Hall–Kier alpha value is -3.76. The molecule has 1 aliphatic heterocycles. The number of benzene rings is 1. The van der Waals surface area contributed by atoms with Gasteiger partial charge in [-0.1, -0.05) is 0 Å². The lowest BCUT2D eigenvalue weighted by Gasteiger charge is -2.35. The van der Waals surface area contributed by atoms with Crippen LogP contribution in [0.3, 0.4) is 0 Å². The molecule has 1 saturated heterocycles. The Bertz CT molecular complexity index is 1250. The zero-order chi connectivity index (χ0) is 27.4. The highest BCUT2D eigenvalue weighted by atomic mass is 16.5. The summed E-state index contributed by atoms with van der Waals surface area (Å²) in [5, 5.41) is 3.37. The van der Waals surface area contributed by atoms with Gasteiger partial charge >= 0.3 is 0 Å². The van der Waals surface area contributed by atoms with Gasteiger partial charge in [-0.25, -0.2) is 15.0 Å². The van der Waals surface area contributed by atoms with Crippen LogP contribution in [-0.4, -0.2) is 77.8 Å². The predicted molar refractivity (Wildman–Crippen MR) is 148 cm³/mol. The number of hydrogen-bond donors (Lipinski definition) is 1. The minimum atomic E-state index is -0.0491. The summed E-state index contributed by atoms with van der Waals surface area (Å²) in [7, 11) is 4.73. The fraction of sp³-hybridized carbons (Fsp3) is 0.556. The van der Waals surface area contributed by atoms with E-state index in [1.807, 2.05) is 30.9 Å². The van der Waals surface area contributed by atoms with Crippen LogP contribution < -0.4 is 24.4 Å². The van der Waals surface area contributed by atoms with E-state index in [0.717, 1.165) is 44.1 Å². The van der Waals surface area contributed by atoms with Crippen molar-refractivity contribution in [3.8, 4) is 17.2 Å². The van der Waals surface area contributed by atoms with E-state index in [1.54, 1.807) is 21.3 Å². The SMILES string of the molecule is CCN(CC)C(=O)C1CCCN(c2nc3c(Nc4cc(OC)c(OC)c(OC)c4)ncnc3n2C(C)C)C1. The van der Waals surface area contributed by atoms with Gasteiger partial charge in [0.1, 0.15) is 6.33 Å². The third-order valence-corrected chi connectivity index (χ3v) is 7.03. The molecule has 4 rings (SSSR count). The number of hydrogen-bond acceptors (Lipinski definition) is 9. The normalized spacial score (nSPS) is 15.6. The highest BCUT2D eigenvalue weighted by molar-refractivity contribution is 5.88. The molecular weight excluding hydrogens is 486 g/mol. The van der Waals surface area contributed by atoms with Crippen LogP contribution in [0.1, 0.15) is 46.6 Å². The van der Waals surface area contributed by atoms with Crippen molar-refractivity contribution in [2.45, 2.75) is 46.6 Å². The lowest BCUT2D eigenvalue weighted by Crippen LogP contribution is -2.45. The van der Waals surface area contributed by atoms with Gasteiger partial charge in [-0.3, -0.25) is 9.36 Å². The first-order valence-corrected chi connectivity index (χ1v) is 13.2. The molecule has 1 aliphatic rings. The number of fused-ring (bicyclic) bond motifs is 1. The van der Waals surface area contributed by atoms with Crippen molar-refractivity contribution in [1.29, 1.82) is 0 Å². The summed E-state index contributed by atoms with van der Waals surface area (Å²) >= 11 is 0. The van der Waals surface area contributed by atoms with Gasteiger partial charge < -0.3 is 29.3 Å². The molecule has 11 heteroatoms. The number of piperidine rings is 1. The van der Waals surface area contributed by atoms with E-state index in [4.69, 9.17) is 19.2 Å². The second kappa shape index (κ2) is 11.7. The summed E-state index contributed by atoms with van der Waals surface area (Å²) in [6.45, 7) is 11.2. The van der Waals surface area contributed by atoms with Crippen molar-refractivity contribution < 1.29 is 19.0 Å². The third-order valence-electron chi connectivity index (χ3n) is 7.03. The van der Waals surface area contributed by atoms with Gasteiger partial charge in [0.15, 0.2) is 28.5 Å². The Kier molecular flexibility index (Phi) is 8.43. The van der Waals surface area contributed by atoms with Crippen LogP contribution in [0.5, 0.6) is 17.2 Å². The molecule has 38 heavy (non-hydrogen) atoms. The van der Waals surface area contributed by atoms with Crippen LogP contribution in [0, 0.1) is 5.92 Å². The zero-order valence-corrected chi connectivity index (χ0v) is 23.4. The molecule has 0 radical (unpaired) electrons. The molecule has 1 aromatic carbocycles. The largest absolute Gasteiger partial charge is 0.493 e. The van der Waals surface area contributed by atoms with E-state index in [-0.39, 0.29) is 17.9 Å². The van der Waals surface area contributed by atoms with E-state index in [1.165, 1.54) is 6.33 Å². The van der Waals surface area contributed by atoms with Crippen molar-refractivity contribution in [3.63, 3.8) is 0 Å². The molecule has 2 aromatic heterocycles. The molecule has 0 aliphatic carbocycles. The number of anilines is 3. The molecule has 206 valence electrons. The maximum Gasteiger partial charge on any atom is 0.227 e. The monoisotopic (exact) mass is 525 g/mol. The number of amides is 1.